The van der Waals surface area contributed by atoms with Gasteiger partial charge in [0.2, 0.25) is 0 Å². The van der Waals surface area contributed by atoms with Gasteiger partial charge < -0.3 is 9.47 Å². The Hall–Kier alpha value is -1.66. The van der Waals surface area contributed by atoms with E-state index < -0.39 is 17.8 Å². The molecule has 1 heterocycles. The van der Waals surface area contributed by atoms with Crippen molar-refractivity contribution in [2.24, 2.45) is 5.92 Å². The second-order valence-corrected chi connectivity index (χ2v) is 6.61. The largest absolute Gasteiger partial charge is 0.465 e. The molecular weight excluding hydrogens is 346 g/mol. The molecule has 0 saturated heterocycles. The normalized spacial score (nSPS) is 14.6. The molecule has 3 nitrogen and oxygen atoms in total. The molecule has 0 amide bonds. The lowest BCUT2D eigenvalue weighted by molar-refractivity contribution is -0.0247. The molecule has 1 saturated carbocycles. The van der Waals surface area contributed by atoms with Crippen LogP contribution in [0.1, 0.15) is 27.4 Å². The highest BCUT2D eigenvalue weighted by atomic mass is 35.5. The highest BCUT2D eigenvalue weighted by molar-refractivity contribution is 7.15. The predicted octanol–water partition coefficient (Wildman–Crippen LogP) is 5.48. The number of methoxy groups -OCH3 is 1. The van der Waals surface area contributed by atoms with Gasteiger partial charge in [-0.1, -0.05) is 29.8 Å². The maximum Gasteiger partial charge on any atom is 0.351 e. The molecule has 23 heavy (non-hydrogen) atoms. The topological polar surface area (TPSA) is 35.5 Å². The van der Waals surface area contributed by atoms with Crippen LogP contribution in [-0.4, -0.2) is 13.1 Å². The monoisotopic (exact) mass is 358 g/mol. The van der Waals surface area contributed by atoms with E-state index in [1.54, 1.807) is 30.3 Å². The lowest BCUT2D eigenvalue weighted by Gasteiger charge is -2.14. The van der Waals surface area contributed by atoms with E-state index in [1.807, 2.05) is 0 Å². The van der Waals surface area contributed by atoms with Crippen molar-refractivity contribution in [3.8, 4) is 11.5 Å². The summed E-state index contributed by atoms with van der Waals surface area (Å²) < 4.78 is 39.1. The van der Waals surface area contributed by atoms with Crippen molar-refractivity contribution in [1.29, 1.82) is 0 Å². The molecule has 0 N–H and O–H groups in total. The zero-order valence-corrected chi connectivity index (χ0v) is 13.7. The Morgan fingerprint density at radius 1 is 1.30 bits per heavy atom. The van der Waals surface area contributed by atoms with Crippen LogP contribution in [0.3, 0.4) is 0 Å². The number of hydrogen-bond acceptors (Lipinski definition) is 4. The van der Waals surface area contributed by atoms with E-state index in [1.165, 1.54) is 7.11 Å². The molecule has 0 spiro atoms. The molecular formula is C16H13ClF2O3S. The number of carbonyl (C=O) groups is 1. The first-order chi connectivity index (χ1) is 10.9. The predicted molar refractivity (Wildman–Crippen MR) is 83.8 cm³/mol. The van der Waals surface area contributed by atoms with Gasteiger partial charge in [-0.2, -0.15) is 0 Å². The second-order valence-electron chi connectivity index (χ2n) is 5.21. The van der Waals surface area contributed by atoms with Gasteiger partial charge in [0, 0.05) is 5.92 Å². The van der Waals surface area contributed by atoms with Gasteiger partial charge in [-0.3, -0.25) is 0 Å². The fraction of sp³-hybridized carbons (Fsp3) is 0.312. The third-order valence-electron chi connectivity index (χ3n) is 3.54. The van der Waals surface area contributed by atoms with Gasteiger partial charge in [-0.05, 0) is 25.0 Å². The summed E-state index contributed by atoms with van der Waals surface area (Å²) in [6, 6.07) is 8.54. The smallest absolute Gasteiger partial charge is 0.351 e. The van der Waals surface area contributed by atoms with Gasteiger partial charge in [-0.25, -0.2) is 13.6 Å². The van der Waals surface area contributed by atoms with Gasteiger partial charge in [0.05, 0.1) is 12.0 Å². The number of hydrogen-bond donors (Lipinski definition) is 0. The maximum absolute atomic E-state index is 14.4. The van der Waals surface area contributed by atoms with Crippen molar-refractivity contribution in [2.75, 3.05) is 7.11 Å². The Bertz CT molecular complexity index is 726. The second kappa shape index (κ2) is 6.09. The summed E-state index contributed by atoms with van der Waals surface area (Å²) in [7, 11) is 1.18. The van der Waals surface area contributed by atoms with Gasteiger partial charge in [0.15, 0.2) is 10.6 Å². The van der Waals surface area contributed by atoms with Gasteiger partial charge in [0.1, 0.15) is 10.8 Å². The summed E-state index contributed by atoms with van der Waals surface area (Å²) in [6.07, 6.45) is 0.896. The molecule has 3 rings (SSSR count). The van der Waals surface area contributed by atoms with Crippen molar-refractivity contribution >= 4 is 28.9 Å². The van der Waals surface area contributed by atoms with Crippen LogP contribution in [0.5, 0.6) is 11.5 Å². The molecule has 0 unspecified atom stereocenters. The van der Waals surface area contributed by atoms with Crippen LogP contribution in [0.4, 0.5) is 8.78 Å². The van der Waals surface area contributed by atoms with Crippen LogP contribution in [-0.2, 0) is 10.7 Å². The fourth-order valence-corrected chi connectivity index (χ4v) is 3.69. The van der Waals surface area contributed by atoms with Crippen LogP contribution in [0.2, 0.25) is 5.02 Å². The van der Waals surface area contributed by atoms with Crippen LogP contribution < -0.4 is 4.74 Å². The molecule has 1 aromatic heterocycles. The molecule has 122 valence electrons. The maximum atomic E-state index is 14.4. The first-order valence-electron chi connectivity index (χ1n) is 6.97. The molecule has 1 fully saturated rings. The van der Waals surface area contributed by atoms with Gasteiger partial charge in [-0.15, -0.1) is 11.3 Å². The number of carbonyl (C=O) groups excluding carboxylic acids is 1. The van der Waals surface area contributed by atoms with E-state index in [4.69, 9.17) is 16.3 Å². The number of rotatable bonds is 5. The van der Waals surface area contributed by atoms with Gasteiger partial charge >= 0.3 is 5.97 Å². The third-order valence-corrected chi connectivity index (χ3v) is 5.25. The summed E-state index contributed by atoms with van der Waals surface area (Å²) >= 11 is 6.77. The van der Waals surface area contributed by atoms with Crippen LogP contribution in [0.15, 0.2) is 30.3 Å². The Morgan fingerprint density at radius 3 is 2.52 bits per heavy atom. The SMILES string of the molecule is COC(=O)c1sc(C(F)(F)C2CC2)c(Cl)c1Oc1ccccc1. The molecule has 0 aliphatic heterocycles. The molecule has 0 atom stereocenters. The van der Waals surface area contributed by atoms with Crippen molar-refractivity contribution in [3.63, 3.8) is 0 Å². The number of halogens is 3. The number of alkyl halides is 2. The zero-order valence-electron chi connectivity index (χ0n) is 12.1. The van der Waals surface area contributed by atoms with Crippen LogP contribution in [0.25, 0.3) is 0 Å². The molecule has 1 aromatic carbocycles. The number of benzene rings is 1. The van der Waals surface area contributed by atoms with E-state index in [9.17, 15) is 13.6 Å². The van der Waals surface area contributed by atoms with Crippen molar-refractivity contribution < 1.29 is 23.0 Å². The average molecular weight is 359 g/mol. The molecule has 0 bridgehead atoms. The van der Waals surface area contributed by atoms with Crippen molar-refractivity contribution in [1.82, 2.24) is 0 Å². The summed E-state index contributed by atoms with van der Waals surface area (Å²) in [5.74, 6) is -4.22. The lowest BCUT2D eigenvalue weighted by Crippen LogP contribution is -2.14. The first kappa shape index (κ1) is 16.2. The number of esters is 1. The molecule has 1 aliphatic rings. The Kier molecular flexibility index (Phi) is 4.29. The highest BCUT2D eigenvalue weighted by Gasteiger charge is 2.51. The molecule has 0 radical (unpaired) electrons. The minimum Gasteiger partial charge on any atom is -0.465 e. The molecule has 7 heteroatoms. The lowest BCUT2D eigenvalue weighted by atomic mass is 10.2. The van der Waals surface area contributed by atoms with E-state index in [-0.39, 0.29) is 20.5 Å². The van der Waals surface area contributed by atoms with Crippen molar-refractivity contribution in [3.05, 3.63) is 45.1 Å². The van der Waals surface area contributed by atoms with E-state index >= 15 is 0 Å². The number of para-hydroxylation sites is 1. The van der Waals surface area contributed by atoms with E-state index in [2.05, 4.69) is 4.74 Å². The van der Waals surface area contributed by atoms with E-state index in [0.29, 0.717) is 29.9 Å². The zero-order chi connectivity index (χ0) is 16.6. The minimum absolute atomic E-state index is 0.0586. The summed E-state index contributed by atoms with van der Waals surface area (Å²) in [4.78, 5) is 11.5. The van der Waals surface area contributed by atoms with Crippen molar-refractivity contribution in [2.45, 2.75) is 18.8 Å². The summed E-state index contributed by atoms with van der Waals surface area (Å²) in [5.41, 5.74) is 0. The fourth-order valence-electron chi connectivity index (χ4n) is 2.17. The Balaban J connectivity index is 2.05. The Labute approximate surface area is 140 Å². The first-order valence-corrected chi connectivity index (χ1v) is 8.16. The number of thiophene rings is 1. The standard InChI is InChI=1S/C16H13ClF2O3S/c1-21-15(20)13-12(22-10-5-3-2-4-6-10)11(17)14(23-13)16(18,19)9-7-8-9/h2-6,9H,7-8H2,1H3. The quantitative estimate of drug-likeness (QED) is 0.664. The summed E-state index contributed by atoms with van der Waals surface area (Å²) in [5, 5.41) is -0.226. The number of ether oxygens (including phenoxy) is 2. The third kappa shape index (κ3) is 3.05. The molecule has 1 aliphatic carbocycles. The summed E-state index contributed by atoms with van der Waals surface area (Å²) in [6.45, 7) is 0. The van der Waals surface area contributed by atoms with Gasteiger partial charge in [0.25, 0.3) is 5.92 Å². The minimum atomic E-state index is -3.07. The average Bonchev–Trinajstić information content (AvgIpc) is 3.35. The Morgan fingerprint density at radius 2 is 1.96 bits per heavy atom. The van der Waals surface area contributed by atoms with Crippen LogP contribution >= 0.6 is 22.9 Å². The highest BCUT2D eigenvalue weighted by Crippen LogP contribution is 2.56. The van der Waals surface area contributed by atoms with E-state index in [0.717, 1.165) is 0 Å². The van der Waals surface area contributed by atoms with Crippen LogP contribution in [0, 0.1) is 5.92 Å². The molecule has 2 aromatic rings.